The fraction of sp³-hybridized carbons (Fsp3) is 0.625. The van der Waals surface area contributed by atoms with E-state index < -0.39 is 0 Å². The molecule has 2 rings (SSSR count). The number of halogens is 1. The number of nitrogens with one attached hydrogen (secondary N) is 1. The summed E-state index contributed by atoms with van der Waals surface area (Å²) in [7, 11) is 1.67. The molecule has 0 bridgehead atoms. The third-order valence-corrected chi connectivity index (χ3v) is 4.14. The average Bonchev–Trinajstić information content (AvgIpc) is 2.49. The highest BCUT2D eigenvalue weighted by atomic mass is 35.5. The van der Waals surface area contributed by atoms with E-state index in [1.807, 2.05) is 18.2 Å². The van der Waals surface area contributed by atoms with E-state index in [4.69, 9.17) is 21.1 Å². The second kappa shape index (κ2) is 8.50. The van der Waals surface area contributed by atoms with E-state index >= 15 is 0 Å². The maximum absolute atomic E-state index is 6.19. The van der Waals surface area contributed by atoms with E-state index in [0.717, 1.165) is 29.5 Å². The van der Waals surface area contributed by atoms with E-state index in [2.05, 4.69) is 5.32 Å². The van der Waals surface area contributed by atoms with E-state index in [1.54, 1.807) is 7.11 Å². The summed E-state index contributed by atoms with van der Waals surface area (Å²) in [6, 6.07) is 5.72. The van der Waals surface area contributed by atoms with Crippen LogP contribution in [0.3, 0.4) is 0 Å². The fourth-order valence-corrected chi connectivity index (χ4v) is 2.88. The summed E-state index contributed by atoms with van der Waals surface area (Å²) in [6.07, 6.45) is 6.91. The summed E-state index contributed by atoms with van der Waals surface area (Å²) in [5.74, 6) is 0.832. The first-order valence-electron chi connectivity index (χ1n) is 7.45. The van der Waals surface area contributed by atoms with Gasteiger partial charge in [0.1, 0.15) is 5.75 Å². The molecule has 1 aromatic rings. The molecule has 0 amide bonds. The summed E-state index contributed by atoms with van der Waals surface area (Å²) in [5.41, 5.74) is 1.01. The summed E-state index contributed by atoms with van der Waals surface area (Å²) < 4.78 is 11.2. The Kier molecular flexibility index (Phi) is 6.64. The predicted octanol–water partition coefficient (Wildman–Crippen LogP) is 3.79. The average molecular weight is 298 g/mol. The van der Waals surface area contributed by atoms with Gasteiger partial charge in [-0.05, 0) is 25.0 Å². The molecule has 0 aliphatic heterocycles. The van der Waals surface area contributed by atoms with E-state index in [0.29, 0.717) is 12.6 Å². The van der Waals surface area contributed by atoms with Crippen molar-refractivity contribution in [3.8, 4) is 5.75 Å². The molecule has 0 spiro atoms. The van der Waals surface area contributed by atoms with Gasteiger partial charge in [-0.25, -0.2) is 0 Å². The third kappa shape index (κ3) is 4.65. The molecule has 0 heterocycles. The molecule has 1 aromatic carbocycles. The van der Waals surface area contributed by atoms with E-state index in [-0.39, 0.29) is 0 Å². The van der Waals surface area contributed by atoms with Crippen LogP contribution in [0.1, 0.15) is 37.7 Å². The van der Waals surface area contributed by atoms with Crippen LogP contribution in [-0.4, -0.2) is 26.4 Å². The van der Waals surface area contributed by atoms with Crippen molar-refractivity contribution >= 4 is 11.6 Å². The first kappa shape index (κ1) is 15.6. The first-order valence-corrected chi connectivity index (χ1v) is 7.82. The number of hydrogen-bond acceptors (Lipinski definition) is 3. The van der Waals surface area contributed by atoms with Gasteiger partial charge in [0, 0.05) is 23.7 Å². The molecule has 1 aliphatic rings. The number of benzene rings is 1. The smallest absolute Gasteiger partial charge is 0.124 e. The van der Waals surface area contributed by atoms with Crippen LogP contribution in [0.2, 0.25) is 5.02 Å². The highest BCUT2D eigenvalue weighted by Gasteiger charge is 2.13. The predicted molar refractivity (Wildman–Crippen MR) is 82.5 cm³/mol. The molecule has 3 nitrogen and oxygen atoms in total. The number of hydrogen-bond donors (Lipinski definition) is 1. The van der Waals surface area contributed by atoms with E-state index in [1.165, 1.54) is 32.1 Å². The van der Waals surface area contributed by atoms with Gasteiger partial charge in [0.15, 0.2) is 0 Å². The second-order valence-electron chi connectivity index (χ2n) is 5.23. The highest BCUT2D eigenvalue weighted by molar-refractivity contribution is 6.31. The molecule has 0 radical (unpaired) electrons. The topological polar surface area (TPSA) is 30.5 Å². The molecule has 0 atom stereocenters. The van der Waals surface area contributed by atoms with Gasteiger partial charge in [-0.2, -0.15) is 0 Å². The first-order chi connectivity index (χ1) is 9.81. The maximum Gasteiger partial charge on any atom is 0.124 e. The molecule has 112 valence electrons. The lowest BCUT2D eigenvalue weighted by atomic mass is 9.98. The van der Waals surface area contributed by atoms with Crippen LogP contribution in [0.25, 0.3) is 0 Å². The van der Waals surface area contributed by atoms with Crippen molar-refractivity contribution in [2.75, 3.05) is 20.3 Å². The van der Waals surface area contributed by atoms with Crippen molar-refractivity contribution in [1.82, 2.24) is 5.32 Å². The molecule has 1 aliphatic carbocycles. The largest absolute Gasteiger partial charge is 0.496 e. The zero-order chi connectivity index (χ0) is 14.2. The number of rotatable bonds is 7. The van der Waals surface area contributed by atoms with Crippen molar-refractivity contribution < 1.29 is 9.47 Å². The maximum atomic E-state index is 6.19. The van der Waals surface area contributed by atoms with Crippen molar-refractivity contribution in [2.45, 2.75) is 44.8 Å². The van der Waals surface area contributed by atoms with Crippen LogP contribution < -0.4 is 10.1 Å². The molecule has 1 fully saturated rings. The zero-order valence-corrected chi connectivity index (χ0v) is 12.9. The lowest BCUT2D eigenvalue weighted by molar-refractivity contribution is 0.0302. The normalized spacial score (nSPS) is 16.3. The monoisotopic (exact) mass is 297 g/mol. The van der Waals surface area contributed by atoms with Gasteiger partial charge in [0.05, 0.1) is 19.8 Å². The Morgan fingerprint density at radius 1 is 1.25 bits per heavy atom. The minimum atomic E-state index is 0.473. The number of methoxy groups -OCH3 is 1. The summed E-state index contributed by atoms with van der Waals surface area (Å²) >= 11 is 6.19. The van der Waals surface area contributed by atoms with Crippen molar-refractivity contribution in [2.24, 2.45) is 0 Å². The Morgan fingerprint density at radius 2 is 2.05 bits per heavy atom. The van der Waals surface area contributed by atoms with Crippen LogP contribution >= 0.6 is 11.6 Å². The molecule has 0 saturated heterocycles. The lowest BCUT2D eigenvalue weighted by Gasteiger charge is -2.22. The minimum absolute atomic E-state index is 0.473. The van der Waals surface area contributed by atoms with Crippen LogP contribution in [0.5, 0.6) is 5.75 Å². The Labute approximate surface area is 126 Å². The van der Waals surface area contributed by atoms with Gasteiger partial charge in [-0.3, -0.25) is 0 Å². The molecule has 0 aromatic heterocycles. The van der Waals surface area contributed by atoms with Crippen molar-refractivity contribution in [3.63, 3.8) is 0 Å². The van der Waals surface area contributed by atoms with Crippen LogP contribution in [0.15, 0.2) is 18.2 Å². The van der Waals surface area contributed by atoms with E-state index in [9.17, 15) is 0 Å². The summed E-state index contributed by atoms with van der Waals surface area (Å²) in [4.78, 5) is 0. The Balaban J connectivity index is 1.68. The van der Waals surface area contributed by atoms with Crippen LogP contribution in [0, 0.1) is 0 Å². The molecule has 4 heteroatoms. The number of ether oxygens (including phenoxy) is 2. The van der Waals surface area contributed by atoms with Crippen molar-refractivity contribution in [3.05, 3.63) is 28.8 Å². The standard InChI is InChI=1S/C16H24ClNO2/c1-19-16-9-5-8-15(17)14(16)12-18-10-11-20-13-6-3-2-4-7-13/h5,8-9,13,18H,2-4,6-7,10-12H2,1H3. The third-order valence-electron chi connectivity index (χ3n) is 3.78. The van der Waals surface area contributed by atoms with Gasteiger partial charge in [0.25, 0.3) is 0 Å². The Bertz CT molecular complexity index is 405. The van der Waals surface area contributed by atoms with Crippen molar-refractivity contribution in [1.29, 1.82) is 0 Å². The molecule has 1 N–H and O–H groups in total. The lowest BCUT2D eigenvalue weighted by Crippen LogP contribution is -2.24. The SMILES string of the molecule is COc1cccc(Cl)c1CNCCOC1CCCCC1. The zero-order valence-electron chi connectivity index (χ0n) is 12.2. The molecular formula is C16H24ClNO2. The van der Waals surface area contributed by atoms with Gasteiger partial charge in [-0.15, -0.1) is 0 Å². The molecule has 1 saturated carbocycles. The van der Waals surface area contributed by atoms with Gasteiger partial charge >= 0.3 is 0 Å². The Hall–Kier alpha value is -0.770. The summed E-state index contributed by atoms with van der Waals surface area (Å²) in [5, 5.41) is 4.11. The summed E-state index contributed by atoms with van der Waals surface area (Å²) in [6.45, 7) is 2.30. The highest BCUT2D eigenvalue weighted by Crippen LogP contribution is 2.25. The minimum Gasteiger partial charge on any atom is -0.496 e. The molecular weight excluding hydrogens is 274 g/mol. The van der Waals surface area contributed by atoms with Crippen LogP contribution in [0.4, 0.5) is 0 Å². The Morgan fingerprint density at radius 3 is 2.80 bits per heavy atom. The quantitative estimate of drug-likeness (QED) is 0.777. The van der Waals surface area contributed by atoms with Gasteiger partial charge in [0.2, 0.25) is 0 Å². The molecule has 0 unspecified atom stereocenters. The molecule has 20 heavy (non-hydrogen) atoms. The van der Waals surface area contributed by atoms with Gasteiger partial charge in [-0.1, -0.05) is 36.9 Å². The second-order valence-corrected chi connectivity index (χ2v) is 5.64. The van der Waals surface area contributed by atoms with Gasteiger partial charge < -0.3 is 14.8 Å². The van der Waals surface area contributed by atoms with Crippen LogP contribution in [-0.2, 0) is 11.3 Å². The fourth-order valence-electron chi connectivity index (χ4n) is 2.64.